The van der Waals surface area contributed by atoms with E-state index < -0.39 is 0 Å². The Balaban J connectivity index is 3.36. The molecule has 15 heavy (non-hydrogen) atoms. The van der Waals surface area contributed by atoms with Gasteiger partial charge in [-0.05, 0) is 47.0 Å². The number of hydrogen-bond donors (Lipinski definition) is 0. The third-order valence-corrected chi connectivity index (χ3v) is 2.53. The first-order valence-corrected chi connectivity index (χ1v) is 6.15. The van der Waals surface area contributed by atoms with Crippen LogP contribution in [0.1, 0.15) is 26.7 Å². The zero-order chi connectivity index (χ0) is 11.5. The molecular formula is C12H28N2O. The van der Waals surface area contributed by atoms with Crippen LogP contribution in [0.4, 0.5) is 0 Å². The van der Waals surface area contributed by atoms with E-state index >= 15 is 0 Å². The Morgan fingerprint density at radius 2 is 1.67 bits per heavy atom. The zero-order valence-corrected chi connectivity index (χ0v) is 11.0. The Labute approximate surface area is 95.4 Å². The van der Waals surface area contributed by atoms with Crippen molar-refractivity contribution >= 4 is 0 Å². The fourth-order valence-corrected chi connectivity index (χ4v) is 1.45. The normalized spacial score (nSPS) is 11.6. The SMILES string of the molecule is CCOCCCCN(CC)CCN(C)C. The second kappa shape index (κ2) is 10.4. The summed E-state index contributed by atoms with van der Waals surface area (Å²) in [4.78, 5) is 4.74. The van der Waals surface area contributed by atoms with Gasteiger partial charge in [0, 0.05) is 26.3 Å². The fraction of sp³-hybridized carbons (Fsp3) is 1.00. The van der Waals surface area contributed by atoms with Crippen LogP contribution in [0.5, 0.6) is 0 Å². The summed E-state index contributed by atoms with van der Waals surface area (Å²) in [7, 11) is 4.26. The van der Waals surface area contributed by atoms with Crippen molar-refractivity contribution in [2.75, 3.05) is 53.5 Å². The highest BCUT2D eigenvalue weighted by Gasteiger charge is 2.02. The quantitative estimate of drug-likeness (QED) is 0.517. The van der Waals surface area contributed by atoms with E-state index in [9.17, 15) is 0 Å². The number of rotatable bonds is 10. The molecule has 0 aromatic heterocycles. The molecule has 0 aromatic rings. The first-order valence-electron chi connectivity index (χ1n) is 6.15. The Morgan fingerprint density at radius 1 is 0.933 bits per heavy atom. The maximum absolute atomic E-state index is 5.32. The van der Waals surface area contributed by atoms with Gasteiger partial charge in [0.25, 0.3) is 0 Å². The van der Waals surface area contributed by atoms with Crippen LogP contribution in [0.2, 0.25) is 0 Å². The van der Waals surface area contributed by atoms with Gasteiger partial charge < -0.3 is 14.5 Å². The molecule has 0 unspecified atom stereocenters. The van der Waals surface area contributed by atoms with Crippen molar-refractivity contribution in [2.24, 2.45) is 0 Å². The van der Waals surface area contributed by atoms with Gasteiger partial charge in [-0.1, -0.05) is 6.92 Å². The molecule has 0 aliphatic heterocycles. The van der Waals surface area contributed by atoms with Gasteiger partial charge in [0.15, 0.2) is 0 Å². The van der Waals surface area contributed by atoms with Crippen LogP contribution >= 0.6 is 0 Å². The van der Waals surface area contributed by atoms with E-state index in [2.05, 4.69) is 37.7 Å². The van der Waals surface area contributed by atoms with Gasteiger partial charge in [0.05, 0.1) is 0 Å². The van der Waals surface area contributed by atoms with Crippen molar-refractivity contribution in [3.8, 4) is 0 Å². The summed E-state index contributed by atoms with van der Waals surface area (Å²) in [6.07, 6.45) is 2.44. The molecule has 0 radical (unpaired) electrons. The van der Waals surface area contributed by atoms with Crippen molar-refractivity contribution in [3.05, 3.63) is 0 Å². The molecule has 0 heterocycles. The first-order chi connectivity index (χ1) is 7.20. The number of nitrogens with zero attached hydrogens (tertiary/aromatic N) is 2. The number of likely N-dealkylation sites (N-methyl/N-ethyl adjacent to an activating group) is 2. The van der Waals surface area contributed by atoms with Crippen molar-refractivity contribution in [3.63, 3.8) is 0 Å². The standard InChI is InChI=1S/C12H28N2O/c1-5-14(11-10-13(3)4)9-7-8-12-15-6-2/h5-12H2,1-4H3. The number of ether oxygens (including phenoxy) is 1. The molecule has 0 bridgehead atoms. The second-order valence-electron chi connectivity index (χ2n) is 4.14. The van der Waals surface area contributed by atoms with Gasteiger partial charge in [-0.25, -0.2) is 0 Å². The summed E-state index contributed by atoms with van der Waals surface area (Å²) in [5, 5.41) is 0. The molecule has 92 valence electrons. The van der Waals surface area contributed by atoms with Crippen LogP contribution in [0.25, 0.3) is 0 Å². The molecule has 0 spiro atoms. The van der Waals surface area contributed by atoms with E-state index in [4.69, 9.17) is 4.74 Å². The average molecular weight is 216 g/mol. The summed E-state index contributed by atoms with van der Waals surface area (Å²) in [5.41, 5.74) is 0. The molecule has 0 amide bonds. The Kier molecular flexibility index (Phi) is 10.3. The van der Waals surface area contributed by atoms with E-state index in [-0.39, 0.29) is 0 Å². The molecular weight excluding hydrogens is 188 g/mol. The van der Waals surface area contributed by atoms with Crippen molar-refractivity contribution in [2.45, 2.75) is 26.7 Å². The largest absolute Gasteiger partial charge is 0.382 e. The van der Waals surface area contributed by atoms with Crippen molar-refractivity contribution < 1.29 is 4.74 Å². The van der Waals surface area contributed by atoms with Gasteiger partial charge in [-0.2, -0.15) is 0 Å². The molecule has 0 aliphatic rings. The van der Waals surface area contributed by atoms with E-state index in [1.807, 2.05) is 0 Å². The molecule has 0 aromatic carbocycles. The fourth-order valence-electron chi connectivity index (χ4n) is 1.45. The summed E-state index contributed by atoms with van der Waals surface area (Å²) >= 11 is 0. The third kappa shape index (κ3) is 10.2. The van der Waals surface area contributed by atoms with Crippen molar-refractivity contribution in [1.29, 1.82) is 0 Å². The Bertz CT molecular complexity index is 129. The topological polar surface area (TPSA) is 15.7 Å². The number of hydrogen-bond acceptors (Lipinski definition) is 3. The van der Waals surface area contributed by atoms with Crippen LogP contribution in [-0.2, 0) is 4.74 Å². The third-order valence-electron chi connectivity index (χ3n) is 2.53. The minimum Gasteiger partial charge on any atom is -0.382 e. The van der Waals surface area contributed by atoms with E-state index in [1.54, 1.807) is 0 Å². The van der Waals surface area contributed by atoms with Crippen LogP contribution in [0.3, 0.4) is 0 Å². The van der Waals surface area contributed by atoms with Crippen LogP contribution in [-0.4, -0.2) is 63.3 Å². The highest BCUT2D eigenvalue weighted by Crippen LogP contribution is 1.96. The minimum absolute atomic E-state index is 0.845. The number of unbranched alkanes of at least 4 members (excludes halogenated alkanes) is 1. The predicted octanol–water partition coefficient (Wildman–Crippen LogP) is 1.69. The summed E-state index contributed by atoms with van der Waals surface area (Å²) in [6.45, 7) is 10.7. The van der Waals surface area contributed by atoms with Gasteiger partial charge >= 0.3 is 0 Å². The summed E-state index contributed by atoms with van der Waals surface area (Å²) in [5.74, 6) is 0. The Hall–Kier alpha value is -0.120. The first kappa shape index (κ1) is 14.9. The molecule has 0 fully saturated rings. The smallest absolute Gasteiger partial charge is 0.0466 e. The second-order valence-corrected chi connectivity index (χ2v) is 4.14. The lowest BCUT2D eigenvalue weighted by Gasteiger charge is -2.22. The van der Waals surface area contributed by atoms with Gasteiger partial charge in [-0.3, -0.25) is 0 Å². The lowest BCUT2D eigenvalue weighted by Crippen LogP contribution is -2.32. The highest BCUT2D eigenvalue weighted by molar-refractivity contribution is 4.57. The minimum atomic E-state index is 0.845. The molecule has 0 saturated heterocycles. The molecule has 0 aliphatic carbocycles. The Morgan fingerprint density at radius 3 is 2.20 bits per heavy atom. The van der Waals surface area contributed by atoms with Gasteiger partial charge in [-0.15, -0.1) is 0 Å². The van der Waals surface area contributed by atoms with E-state index in [1.165, 1.54) is 25.9 Å². The van der Waals surface area contributed by atoms with Gasteiger partial charge in [0.2, 0.25) is 0 Å². The predicted molar refractivity (Wildman–Crippen MR) is 66.4 cm³/mol. The van der Waals surface area contributed by atoms with Crippen LogP contribution in [0, 0.1) is 0 Å². The van der Waals surface area contributed by atoms with E-state index in [0.717, 1.165) is 26.3 Å². The molecule has 0 rings (SSSR count). The van der Waals surface area contributed by atoms with E-state index in [0.29, 0.717) is 0 Å². The lowest BCUT2D eigenvalue weighted by molar-refractivity contribution is 0.139. The summed E-state index contributed by atoms with van der Waals surface area (Å²) < 4.78 is 5.32. The highest BCUT2D eigenvalue weighted by atomic mass is 16.5. The molecule has 3 nitrogen and oxygen atoms in total. The van der Waals surface area contributed by atoms with Crippen LogP contribution < -0.4 is 0 Å². The molecule has 0 atom stereocenters. The maximum atomic E-state index is 5.32. The molecule has 3 heteroatoms. The lowest BCUT2D eigenvalue weighted by atomic mass is 10.3. The molecule has 0 saturated carbocycles. The average Bonchev–Trinajstić information content (AvgIpc) is 2.22. The molecule has 0 N–H and O–H groups in total. The summed E-state index contributed by atoms with van der Waals surface area (Å²) in [6, 6.07) is 0. The zero-order valence-electron chi connectivity index (χ0n) is 11.0. The monoisotopic (exact) mass is 216 g/mol. The van der Waals surface area contributed by atoms with Crippen molar-refractivity contribution in [1.82, 2.24) is 9.80 Å². The van der Waals surface area contributed by atoms with Crippen LogP contribution in [0.15, 0.2) is 0 Å². The van der Waals surface area contributed by atoms with Gasteiger partial charge in [0.1, 0.15) is 0 Å². The maximum Gasteiger partial charge on any atom is 0.0466 e.